The number of halogens is 2. The highest BCUT2D eigenvalue weighted by atomic mass is 35.5. The number of nitrogens with two attached hydrogens (primary N) is 1. The highest BCUT2D eigenvalue weighted by molar-refractivity contribution is 5.85. The molecule has 0 heterocycles. The fourth-order valence-electron chi connectivity index (χ4n) is 1.65. The predicted octanol–water partition coefficient (Wildman–Crippen LogP) is 1.63. The van der Waals surface area contributed by atoms with E-state index in [9.17, 15) is 4.79 Å². The molecule has 0 aliphatic carbocycles. The number of rotatable bonds is 5. The third-order valence-corrected chi connectivity index (χ3v) is 2.46. The molecule has 2 N–H and O–H groups in total. The van der Waals surface area contributed by atoms with Crippen LogP contribution in [-0.4, -0.2) is 38.1 Å². The lowest BCUT2D eigenvalue weighted by Gasteiger charge is -2.25. The molecule has 1 rings (SSSR count). The molecular formula is C12H20Cl2N2O2. The van der Waals surface area contributed by atoms with Crippen molar-refractivity contribution in [1.82, 2.24) is 4.90 Å². The number of hydrogen-bond acceptors (Lipinski definition) is 4. The Labute approximate surface area is 120 Å². The van der Waals surface area contributed by atoms with E-state index < -0.39 is 0 Å². The lowest BCUT2D eigenvalue weighted by Crippen LogP contribution is -2.35. The summed E-state index contributed by atoms with van der Waals surface area (Å²) in [5, 5.41) is 0. The first-order valence-corrected chi connectivity index (χ1v) is 5.23. The van der Waals surface area contributed by atoms with E-state index in [0.29, 0.717) is 13.1 Å². The molecule has 4 nitrogen and oxygen atoms in total. The average Bonchev–Trinajstić information content (AvgIpc) is 2.31. The predicted molar refractivity (Wildman–Crippen MR) is 77.4 cm³/mol. The van der Waals surface area contributed by atoms with Crippen LogP contribution in [-0.2, 0) is 9.53 Å². The zero-order valence-electron chi connectivity index (χ0n) is 10.5. The largest absolute Gasteiger partial charge is 0.468 e. The van der Waals surface area contributed by atoms with Gasteiger partial charge < -0.3 is 10.5 Å². The maximum absolute atomic E-state index is 11.7. The Morgan fingerprint density at radius 3 is 2.33 bits per heavy atom. The number of likely N-dealkylation sites (N-methyl/N-ethyl adjacent to an activating group) is 1. The van der Waals surface area contributed by atoms with Crippen molar-refractivity contribution in [3.05, 3.63) is 35.9 Å². The normalized spacial score (nSPS) is 11.1. The summed E-state index contributed by atoms with van der Waals surface area (Å²) in [5.74, 6) is -0.262. The van der Waals surface area contributed by atoms with E-state index in [0.717, 1.165) is 5.56 Å². The molecule has 0 aliphatic heterocycles. The Morgan fingerprint density at radius 2 is 1.89 bits per heavy atom. The van der Waals surface area contributed by atoms with Crippen molar-refractivity contribution in [3.8, 4) is 0 Å². The molecule has 0 fully saturated rings. The van der Waals surface area contributed by atoms with Crippen LogP contribution in [0, 0.1) is 0 Å². The molecule has 0 saturated heterocycles. The summed E-state index contributed by atoms with van der Waals surface area (Å²) < 4.78 is 4.81. The van der Waals surface area contributed by atoms with Crippen molar-refractivity contribution >= 4 is 30.8 Å². The first kappa shape index (κ1) is 19.5. The first-order chi connectivity index (χ1) is 7.70. The number of carbonyl (C=O) groups is 1. The summed E-state index contributed by atoms with van der Waals surface area (Å²) in [6, 6.07) is 9.17. The molecule has 0 bridgehead atoms. The van der Waals surface area contributed by atoms with Crippen LogP contribution in [0.5, 0.6) is 0 Å². The van der Waals surface area contributed by atoms with E-state index in [4.69, 9.17) is 10.5 Å². The Morgan fingerprint density at radius 1 is 1.33 bits per heavy atom. The standard InChI is InChI=1S/C12H18N2O2.2ClH/c1-14(9-8-13)11(12(15)16-2)10-6-4-3-5-7-10;;/h3-7,11H,8-9,13H2,1-2H3;2*1H/t11-;;/m1../s1. The number of esters is 1. The Bertz CT molecular complexity index is 336. The molecule has 0 radical (unpaired) electrons. The Balaban J connectivity index is 0. The van der Waals surface area contributed by atoms with Gasteiger partial charge in [-0.05, 0) is 12.6 Å². The minimum absolute atomic E-state index is 0. The Hall–Kier alpha value is -0.810. The van der Waals surface area contributed by atoms with Gasteiger partial charge in [-0.1, -0.05) is 30.3 Å². The fraction of sp³-hybridized carbons (Fsp3) is 0.417. The summed E-state index contributed by atoms with van der Waals surface area (Å²) in [7, 11) is 3.26. The molecule has 104 valence electrons. The zero-order chi connectivity index (χ0) is 12.0. The van der Waals surface area contributed by atoms with Gasteiger partial charge in [0.2, 0.25) is 0 Å². The molecule has 1 aromatic rings. The molecule has 0 spiro atoms. The number of hydrogen-bond donors (Lipinski definition) is 1. The molecule has 0 aromatic heterocycles. The van der Waals surface area contributed by atoms with Gasteiger partial charge in [-0.15, -0.1) is 24.8 Å². The summed E-state index contributed by atoms with van der Waals surface area (Å²) in [6.45, 7) is 1.16. The van der Waals surface area contributed by atoms with E-state index in [1.165, 1.54) is 7.11 Å². The fourth-order valence-corrected chi connectivity index (χ4v) is 1.65. The third-order valence-electron chi connectivity index (χ3n) is 2.46. The number of benzene rings is 1. The number of methoxy groups -OCH3 is 1. The second-order valence-electron chi connectivity index (χ2n) is 3.61. The maximum Gasteiger partial charge on any atom is 0.327 e. The van der Waals surface area contributed by atoms with Crippen LogP contribution in [0.25, 0.3) is 0 Å². The van der Waals surface area contributed by atoms with Crippen molar-refractivity contribution in [1.29, 1.82) is 0 Å². The highest BCUT2D eigenvalue weighted by Crippen LogP contribution is 2.19. The van der Waals surface area contributed by atoms with Gasteiger partial charge in [0.15, 0.2) is 0 Å². The van der Waals surface area contributed by atoms with Gasteiger partial charge in [0.1, 0.15) is 6.04 Å². The van der Waals surface area contributed by atoms with Crippen LogP contribution < -0.4 is 5.73 Å². The summed E-state index contributed by atoms with van der Waals surface area (Å²) in [5.41, 5.74) is 6.41. The van der Waals surface area contributed by atoms with Crippen LogP contribution in [0.3, 0.4) is 0 Å². The molecule has 1 atom stereocenters. The van der Waals surface area contributed by atoms with Crippen LogP contribution in [0.15, 0.2) is 30.3 Å². The Kier molecular flexibility index (Phi) is 11.0. The quantitative estimate of drug-likeness (QED) is 0.839. The highest BCUT2D eigenvalue weighted by Gasteiger charge is 2.25. The second-order valence-corrected chi connectivity index (χ2v) is 3.61. The van der Waals surface area contributed by atoms with E-state index in [1.54, 1.807) is 0 Å². The number of ether oxygens (including phenoxy) is 1. The SMILES string of the molecule is COC(=O)[C@@H](c1ccccc1)N(C)CCN.Cl.Cl. The van der Waals surface area contributed by atoms with Gasteiger partial charge >= 0.3 is 5.97 Å². The van der Waals surface area contributed by atoms with Crippen molar-refractivity contribution in [2.75, 3.05) is 27.2 Å². The van der Waals surface area contributed by atoms with E-state index in [2.05, 4.69) is 0 Å². The average molecular weight is 295 g/mol. The molecule has 0 saturated carbocycles. The topological polar surface area (TPSA) is 55.6 Å². The van der Waals surface area contributed by atoms with Crippen molar-refractivity contribution in [3.63, 3.8) is 0 Å². The zero-order valence-corrected chi connectivity index (χ0v) is 12.2. The molecule has 1 aromatic carbocycles. The van der Waals surface area contributed by atoms with Crippen LogP contribution in [0.2, 0.25) is 0 Å². The number of carbonyl (C=O) groups excluding carboxylic acids is 1. The second kappa shape index (κ2) is 10.1. The van der Waals surface area contributed by atoms with Gasteiger partial charge in [-0.2, -0.15) is 0 Å². The smallest absolute Gasteiger partial charge is 0.327 e. The van der Waals surface area contributed by atoms with Crippen LogP contribution in [0.1, 0.15) is 11.6 Å². The number of nitrogens with zero attached hydrogens (tertiary/aromatic N) is 1. The first-order valence-electron chi connectivity index (χ1n) is 5.23. The molecule has 6 heteroatoms. The van der Waals surface area contributed by atoms with Gasteiger partial charge in [0.05, 0.1) is 7.11 Å². The molecule has 0 aliphatic rings. The van der Waals surface area contributed by atoms with E-state index in [-0.39, 0.29) is 36.8 Å². The molecule has 18 heavy (non-hydrogen) atoms. The van der Waals surface area contributed by atoms with Gasteiger partial charge in [-0.25, -0.2) is 4.79 Å². The minimum atomic E-state index is -0.380. The summed E-state index contributed by atoms with van der Waals surface area (Å²) in [6.07, 6.45) is 0. The van der Waals surface area contributed by atoms with E-state index in [1.807, 2.05) is 42.3 Å². The van der Waals surface area contributed by atoms with Crippen molar-refractivity contribution in [2.45, 2.75) is 6.04 Å². The monoisotopic (exact) mass is 294 g/mol. The van der Waals surface area contributed by atoms with Crippen LogP contribution >= 0.6 is 24.8 Å². The van der Waals surface area contributed by atoms with Gasteiger partial charge in [0.25, 0.3) is 0 Å². The van der Waals surface area contributed by atoms with Crippen molar-refractivity contribution in [2.24, 2.45) is 5.73 Å². The van der Waals surface area contributed by atoms with Gasteiger partial charge in [0, 0.05) is 13.1 Å². The summed E-state index contributed by atoms with van der Waals surface area (Å²) >= 11 is 0. The molecular weight excluding hydrogens is 275 g/mol. The molecule has 0 unspecified atom stereocenters. The molecule has 0 amide bonds. The third kappa shape index (κ3) is 5.23. The van der Waals surface area contributed by atoms with Crippen molar-refractivity contribution < 1.29 is 9.53 Å². The van der Waals surface area contributed by atoms with Crippen LogP contribution in [0.4, 0.5) is 0 Å². The minimum Gasteiger partial charge on any atom is -0.468 e. The summed E-state index contributed by atoms with van der Waals surface area (Å²) in [4.78, 5) is 13.6. The maximum atomic E-state index is 11.7. The lowest BCUT2D eigenvalue weighted by atomic mass is 10.1. The lowest BCUT2D eigenvalue weighted by molar-refractivity contribution is -0.146. The van der Waals surface area contributed by atoms with Gasteiger partial charge in [-0.3, -0.25) is 4.90 Å². The van der Waals surface area contributed by atoms with E-state index >= 15 is 0 Å².